The summed E-state index contributed by atoms with van der Waals surface area (Å²) in [4.78, 5) is 24.0. The van der Waals surface area contributed by atoms with Gasteiger partial charge in [0.1, 0.15) is 10.8 Å². The molecule has 0 radical (unpaired) electrons. The third kappa shape index (κ3) is 7.09. The summed E-state index contributed by atoms with van der Waals surface area (Å²) in [7, 11) is -1.64. The van der Waals surface area contributed by atoms with Crippen molar-refractivity contribution in [1.29, 1.82) is 0 Å². The Bertz CT molecular complexity index is 1510. The number of carbonyl (C=O) groups excluding carboxylic acids is 1. The molecule has 12 heteroatoms. The lowest BCUT2D eigenvalue weighted by Gasteiger charge is -2.17. The van der Waals surface area contributed by atoms with Gasteiger partial charge in [-0.1, -0.05) is 23.7 Å². The average molecular weight is 601 g/mol. The maximum atomic E-state index is 13.2. The molecular formula is C29H37ClN6O4S. The molecule has 1 amide bonds. The maximum absolute atomic E-state index is 13.2. The number of para-hydroxylation sites is 1. The number of halogens is 1. The summed E-state index contributed by atoms with van der Waals surface area (Å²) in [6, 6.07) is 10.3. The standard InChI is InChI=1S/C29H37ClN6O4S/c1-18(2)40-25-14-20-17-36(13-9-8-12-31-5)28(37)21(20)15-24(25)34-29-32-16-22(30)27(35-29)33-23-10-6-7-11-26(23)41(38,39)19(3)4/h6-7,10-11,14-16,18-19,31H,8-9,12-13,17H2,1-5H3,(H2,32,33,34,35). The van der Waals surface area contributed by atoms with Crippen LogP contribution in [0.4, 0.5) is 23.1 Å². The van der Waals surface area contributed by atoms with Gasteiger partial charge in [-0.3, -0.25) is 4.79 Å². The minimum atomic E-state index is -3.56. The van der Waals surface area contributed by atoms with Crippen LogP contribution < -0.4 is 20.7 Å². The van der Waals surface area contributed by atoms with Crippen molar-refractivity contribution in [2.45, 2.75) is 63.3 Å². The van der Waals surface area contributed by atoms with Gasteiger partial charge in [-0.25, -0.2) is 13.4 Å². The second-order valence-electron chi connectivity index (χ2n) is 10.4. The van der Waals surface area contributed by atoms with E-state index in [2.05, 4.69) is 25.9 Å². The molecule has 1 aliphatic heterocycles. The van der Waals surface area contributed by atoms with Crippen molar-refractivity contribution in [3.05, 3.63) is 58.7 Å². The van der Waals surface area contributed by atoms with Crippen molar-refractivity contribution in [2.75, 3.05) is 30.8 Å². The Labute approximate surface area is 246 Å². The van der Waals surface area contributed by atoms with Gasteiger partial charge in [-0.05, 0) is 84.0 Å². The van der Waals surface area contributed by atoms with Crippen LogP contribution in [0.5, 0.6) is 5.75 Å². The van der Waals surface area contributed by atoms with E-state index in [4.69, 9.17) is 16.3 Å². The number of sulfone groups is 1. The number of hydrogen-bond acceptors (Lipinski definition) is 9. The minimum absolute atomic E-state index is 0.0223. The molecule has 1 aromatic heterocycles. The molecule has 0 saturated carbocycles. The molecule has 3 N–H and O–H groups in total. The van der Waals surface area contributed by atoms with Crippen molar-refractivity contribution in [3.8, 4) is 5.75 Å². The Kier molecular flexibility index (Phi) is 9.72. The molecular weight excluding hydrogens is 564 g/mol. The molecule has 2 heterocycles. The average Bonchev–Trinajstić information content (AvgIpc) is 3.22. The lowest BCUT2D eigenvalue weighted by Crippen LogP contribution is -2.25. The van der Waals surface area contributed by atoms with Gasteiger partial charge in [0.25, 0.3) is 5.91 Å². The summed E-state index contributed by atoms with van der Waals surface area (Å²) in [5, 5.41) is 8.98. The number of rotatable bonds is 13. The van der Waals surface area contributed by atoms with E-state index in [1.165, 1.54) is 6.20 Å². The molecule has 220 valence electrons. The Balaban J connectivity index is 1.62. The van der Waals surface area contributed by atoms with Gasteiger partial charge in [0.05, 0.1) is 33.8 Å². The van der Waals surface area contributed by atoms with Crippen molar-refractivity contribution >= 4 is 50.5 Å². The molecule has 0 fully saturated rings. The van der Waals surface area contributed by atoms with Crippen LogP contribution in [0.15, 0.2) is 47.5 Å². The van der Waals surface area contributed by atoms with Crippen molar-refractivity contribution in [3.63, 3.8) is 0 Å². The second-order valence-corrected chi connectivity index (χ2v) is 13.3. The van der Waals surface area contributed by atoms with Crippen LogP contribution in [0.25, 0.3) is 0 Å². The van der Waals surface area contributed by atoms with E-state index in [0.29, 0.717) is 35.8 Å². The molecule has 0 unspecified atom stereocenters. The van der Waals surface area contributed by atoms with Crippen LogP contribution in [0.1, 0.15) is 56.5 Å². The van der Waals surface area contributed by atoms with E-state index in [1.54, 1.807) is 44.2 Å². The Morgan fingerprint density at radius 1 is 1.07 bits per heavy atom. The van der Waals surface area contributed by atoms with Crippen LogP contribution in [0, 0.1) is 0 Å². The van der Waals surface area contributed by atoms with E-state index < -0.39 is 15.1 Å². The number of ether oxygens (including phenoxy) is 1. The van der Waals surface area contributed by atoms with Gasteiger partial charge in [0.2, 0.25) is 5.95 Å². The van der Waals surface area contributed by atoms with Crippen LogP contribution in [-0.4, -0.2) is 60.7 Å². The first-order chi connectivity index (χ1) is 19.5. The molecule has 0 bridgehead atoms. The number of unbranched alkanes of at least 4 members (excludes halogenated alkanes) is 1. The van der Waals surface area contributed by atoms with Gasteiger partial charge < -0.3 is 25.6 Å². The first kappa shape index (κ1) is 30.5. The van der Waals surface area contributed by atoms with Gasteiger partial charge in [-0.2, -0.15) is 4.98 Å². The van der Waals surface area contributed by atoms with E-state index >= 15 is 0 Å². The maximum Gasteiger partial charge on any atom is 0.254 e. The number of hydrogen-bond donors (Lipinski definition) is 3. The Hall–Kier alpha value is -3.41. The van der Waals surface area contributed by atoms with Crippen LogP contribution >= 0.6 is 11.6 Å². The second kappa shape index (κ2) is 13.1. The SMILES string of the molecule is CNCCCCN1Cc2cc(OC(C)C)c(Nc3ncc(Cl)c(Nc4ccccc4S(=O)(=O)C(C)C)n3)cc2C1=O. The molecule has 2 aromatic carbocycles. The summed E-state index contributed by atoms with van der Waals surface area (Å²) in [5.74, 6) is 0.979. The third-order valence-electron chi connectivity index (χ3n) is 6.61. The number of nitrogens with zero attached hydrogens (tertiary/aromatic N) is 3. The molecule has 41 heavy (non-hydrogen) atoms. The van der Waals surface area contributed by atoms with Gasteiger partial charge >= 0.3 is 0 Å². The molecule has 0 saturated heterocycles. The molecule has 0 atom stereocenters. The van der Waals surface area contributed by atoms with Gasteiger partial charge in [0, 0.05) is 18.7 Å². The zero-order valence-electron chi connectivity index (χ0n) is 24.0. The zero-order chi connectivity index (χ0) is 29.7. The molecule has 3 aromatic rings. The summed E-state index contributed by atoms with van der Waals surface area (Å²) >= 11 is 6.41. The third-order valence-corrected chi connectivity index (χ3v) is 9.10. The van der Waals surface area contributed by atoms with Crippen molar-refractivity contribution in [2.24, 2.45) is 0 Å². The molecule has 4 rings (SSSR count). The van der Waals surface area contributed by atoms with E-state index in [9.17, 15) is 13.2 Å². The Morgan fingerprint density at radius 3 is 2.54 bits per heavy atom. The number of carbonyl (C=O) groups is 1. The summed E-state index contributed by atoms with van der Waals surface area (Å²) in [5.41, 5.74) is 2.41. The van der Waals surface area contributed by atoms with Crippen molar-refractivity contribution in [1.82, 2.24) is 20.2 Å². The van der Waals surface area contributed by atoms with Gasteiger partial charge in [0.15, 0.2) is 15.7 Å². The summed E-state index contributed by atoms with van der Waals surface area (Å²) in [6.07, 6.45) is 3.22. The normalized spacial score (nSPS) is 13.2. The minimum Gasteiger partial charge on any atom is -0.489 e. The van der Waals surface area contributed by atoms with Crippen LogP contribution in [0.2, 0.25) is 5.02 Å². The molecule has 10 nitrogen and oxygen atoms in total. The highest BCUT2D eigenvalue weighted by molar-refractivity contribution is 7.92. The summed E-state index contributed by atoms with van der Waals surface area (Å²) < 4.78 is 31.9. The zero-order valence-corrected chi connectivity index (χ0v) is 25.6. The molecule has 1 aliphatic rings. The lowest BCUT2D eigenvalue weighted by molar-refractivity contribution is 0.0776. The van der Waals surface area contributed by atoms with Gasteiger partial charge in [-0.15, -0.1) is 0 Å². The van der Waals surface area contributed by atoms with Crippen molar-refractivity contribution < 1.29 is 17.9 Å². The Morgan fingerprint density at radius 2 is 1.83 bits per heavy atom. The first-order valence-corrected chi connectivity index (χ1v) is 15.6. The number of anilines is 4. The van der Waals surface area contributed by atoms with Crippen LogP contribution in [0.3, 0.4) is 0 Å². The quantitative estimate of drug-likeness (QED) is 0.217. The first-order valence-electron chi connectivity index (χ1n) is 13.7. The number of aromatic nitrogens is 2. The lowest BCUT2D eigenvalue weighted by atomic mass is 10.1. The highest BCUT2D eigenvalue weighted by Gasteiger charge is 2.29. The number of fused-ring (bicyclic) bond motifs is 1. The molecule has 0 spiro atoms. The highest BCUT2D eigenvalue weighted by atomic mass is 35.5. The van der Waals surface area contributed by atoms with Crippen LogP contribution in [-0.2, 0) is 16.4 Å². The summed E-state index contributed by atoms with van der Waals surface area (Å²) in [6.45, 7) is 9.25. The fourth-order valence-electron chi connectivity index (χ4n) is 4.47. The fraction of sp³-hybridized carbons (Fsp3) is 0.414. The smallest absolute Gasteiger partial charge is 0.254 e. The predicted molar refractivity (Wildman–Crippen MR) is 162 cm³/mol. The topological polar surface area (TPSA) is 126 Å². The van der Waals surface area contributed by atoms with E-state index in [-0.39, 0.29) is 33.7 Å². The monoisotopic (exact) mass is 600 g/mol. The highest BCUT2D eigenvalue weighted by Crippen LogP contribution is 2.36. The number of benzene rings is 2. The number of nitrogens with one attached hydrogen (secondary N) is 3. The van der Waals surface area contributed by atoms with E-state index in [1.807, 2.05) is 31.9 Å². The predicted octanol–water partition coefficient (Wildman–Crippen LogP) is 5.54. The fourth-order valence-corrected chi connectivity index (χ4v) is 5.81. The van der Waals surface area contributed by atoms with E-state index in [0.717, 1.165) is 24.9 Å². The molecule has 0 aliphatic carbocycles. The number of amides is 1. The largest absolute Gasteiger partial charge is 0.489 e.